The third-order valence-corrected chi connectivity index (χ3v) is 4.24. The summed E-state index contributed by atoms with van der Waals surface area (Å²) >= 11 is 0. The Labute approximate surface area is 175 Å². The summed E-state index contributed by atoms with van der Waals surface area (Å²) in [4.78, 5) is 12.1. The summed E-state index contributed by atoms with van der Waals surface area (Å²) in [6.45, 7) is 0.335. The molecule has 9 heteroatoms. The van der Waals surface area contributed by atoms with E-state index in [2.05, 4.69) is 5.10 Å². The van der Waals surface area contributed by atoms with Crippen molar-refractivity contribution in [3.8, 4) is 29.0 Å². The minimum Gasteiger partial charge on any atom is -0.497 e. The quantitative estimate of drug-likeness (QED) is 0.434. The predicted octanol–water partition coefficient (Wildman–Crippen LogP) is 4.48. The first-order chi connectivity index (χ1) is 15.0. The highest BCUT2D eigenvalue weighted by Crippen LogP contribution is 2.24. The number of benzene rings is 3. The number of rotatable bonds is 7. The fourth-order valence-electron chi connectivity index (χ4n) is 2.73. The fraction of sp³-hybridized carbons (Fsp3) is 0.0909. The molecule has 4 aromatic rings. The summed E-state index contributed by atoms with van der Waals surface area (Å²) in [5.74, 6) is -1.55. The van der Waals surface area contributed by atoms with Gasteiger partial charge in [0.1, 0.15) is 23.9 Å². The molecule has 0 fully saturated rings. The van der Waals surface area contributed by atoms with Crippen LogP contribution in [0.2, 0.25) is 0 Å². The molecule has 0 aliphatic carbocycles. The van der Waals surface area contributed by atoms with Crippen LogP contribution < -0.4 is 20.0 Å². The zero-order chi connectivity index (χ0) is 21.8. The fourth-order valence-corrected chi connectivity index (χ4v) is 2.73. The van der Waals surface area contributed by atoms with Crippen LogP contribution in [0, 0.1) is 11.6 Å². The van der Waals surface area contributed by atoms with Crippen molar-refractivity contribution < 1.29 is 27.4 Å². The Hall–Kier alpha value is -4.14. The molecule has 158 valence electrons. The van der Waals surface area contributed by atoms with Crippen molar-refractivity contribution in [1.29, 1.82) is 0 Å². The zero-order valence-electron chi connectivity index (χ0n) is 16.2. The molecule has 0 atom stereocenters. The second-order valence-electron chi connectivity index (χ2n) is 6.36. The van der Waals surface area contributed by atoms with E-state index in [0.29, 0.717) is 24.1 Å². The van der Waals surface area contributed by atoms with Gasteiger partial charge in [-0.05, 0) is 54.1 Å². The van der Waals surface area contributed by atoms with E-state index in [1.165, 1.54) is 0 Å². The van der Waals surface area contributed by atoms with Gasteiger partial charge >= 0.3 is 11.8 Å². The normalized spacial score (nSPS) is 10.7. The van der Waals surface area contributed by atoms with Gasteiger partial charge in [0.15, 0.2) is 11.6 Å². The third-order valence-electron chi connectivity index (χ3n) is 4.24. The second kappa shape index (κ2) is 8.70. The van der Waals surface area contributed by atoms with Crippen molar-refractivity contribution in [2.75, 3.05) is 7.11 Å². The van der Waals surface area contributed by atoms with Gasteiger partial charge in [-0.2, -0.15) is 4.68 Å². The molecule has 3 aromatic carbocycles. The molecular weight excluding hydrogens is 410 g/mol. The van der Waals surface area contributed by atoms with Crippen molar-refractivity contribution in [2.45, 2.75) is 6.61 Å². The summed E-state index contributed by atoms with van der Waals surface area (Å²) in [5, 5.41) is 3.88. The van der Waals surface area contributed by atoms with Gasteiger partial charge in [-0.1, -0.05) is 17.2 Å². The average Bonchev–Trinajstić information content (AvgIpc) is 3.15. The lowest BCUT2D eigenvalue weighted by atomic mass is 10.2. The van der Waals surface area contributed by atoms with Crippen LogP contribution >= 0.6 is 0 Å². The van der Waals surface area contributed by atoms with Crippen molar-refractivity contribution in [2.24, 2.45) is 0 Å². The van der Waals surface area contributed by atoms with E-state index < -0.39 is 23.5 Å². The Morgan fingerprint density at radius 3 is 2.55 bits per heavy atom. The molecule has 0 saturated heterocycles. The minimum absolute atomic E-state index is 0.323. The maximum absolute atomic E-state index is 13.7. The maximum atomic E-state index is 13.7. The number of halogens is 2. The predicted molar refractivity (Wildman–Crippen MR) is 106 cm³/mol. The Balaban J connectivity index is 1.45. The Kier molecular flexibility index (Phi) is 5.65. The van der Waals surface area contributed by atoms with Crippen LogP contribution in [0.5, 0.6) is 23.3 Å². The van der Waals surface area contributed by atoms with Gasteiger partial charge in [0.25, 0.3) is 0 Å². The number of hydrogen-bond donors (Lipinski definition) is 0. The number of aromatic nitrogens is 2. The summed E-state index contributed by atoms with van der Waals surface area (Å²) in [6.07, 6.45) is -0.478. The number of nitrogens with zero attached hydrogens (tertiary/aromatic N) is 2. The molecular formula is C22H16F2N2O5. The van der Waals surface area contributed by atoms with E-state index in [1.54, 1.807) is 31.4 Å². The van der Waals surface area contributed by atoms with E-state index in [1.807, 2.05) is 24.3 Å². The van der Waals surface area contributed by atoms with Crippen molar-refractivity contribution >= 4 is 0 Å². The van der Waals surface area contributed by atoms with E-state index in [-0.39, 0.29) is 5.75 Å². The Bertz CT molecular complexity index is 1250. The highest BCUT2D eigenvalue weighted by molar-refractivity contribution is 5.37. The monoisotopic (exact) mass is 426 g/mol. The van der Waals surface area contributed by atoms with E-state index in [9.17, 15) is 13.6 Å². The van der Waals surface area contributed by atoms with Gasteiger partial charge in [-0.25, -0.2) is 13.6 Å². The minimum atomic E-state index is -0.949. The average molecular weight is 426 g/mol. The molecule has 1 heterocycles. The molecule has 0 spiro atoms. The summed E-state index contributed by atoms with van der Waals surface area (Å²) in [7, 11) is 1.59. The van der Waals surface area contributed by atoms with Crippen LogP contribution in [-0.2, 0) is 6.61 Å². The highest BCUT2D eigenvalue weighted by atomic mass is 19.1. The molecule has 0 aliphatic heterocycles. The smallest absolute Gasteiger partial charge is 0.444 e. The molecule has 0 bridgehead atoms. The lowest BCUT2D eigenvalue weighted by Gasteiger charge is -2.08. The van der Waals surface area contributed by atoms with Crippen LogP contribution in [0.25, 0.3) is 5.69 Å². The molecule has 0 unspecified atom stereocenters. The summed E-state index contributed by atoms with van der Waals surface area (Å²) in [6, 6.07) is 16.8. The van der Waals surface area contributed by atoms with E-state index in [0.717, 1.165) is 28.1 Å². The number of ether oxygens (including phenoxy) is 3. The Morgan fingerprint density at radius 2 is 1.81 bits per heavy atom. The third kappa shape index (κ3) is 4.72. The maximum Gasteiger partial charge on any atom is 0.444 e. The first kappa shape index (κ1) is 20.1. The molecule has 0 aliphatic rings. The van der Waals surface area contributed by atoms with Crippen LogP contribution in [0.4, 0.5) is 8.78 Å². The summed E-state index contributed by atoms with van der Waals surface area (Å²) < 4.78 is 48.6. The molecule has 0 radical (unpaired) electrons. The first-order valence-electron chi connectivity index (χ1n) is 9.11. The van der Waals surface area contributed by atoms with Gasteiger partial charge in [-0.3, -0.25) is 0 Å². The van der Waals surface area contributed by atoms with Gasteiger partial charge in [0.05, 0.1) is 12.8 Å². The van der Waals surface area contributed by atoms with Crippen LogP contribution in [0.1, 0.15) is 5.56 Å². The van der Waals surface area contributed by atoms with Crippen LogP contribution in [0.15, 0.2) is 75.9 Å². The van der Waals surface area contributed by atoms with Crippen LogP contribution in [-0.4, -0.2) is 16.9 Å². The number of methoxy groups -OCH3 is 1. The molecule has 0 amide bonds. The van der Waals surface area contributed by atoms with E-state index >= 15 is 0 Å². The molecule has 0 N–H and O–H groups in total. The molecule has 7 nitrogen and oxygen atoms in total. The van der Waals surface area contributed by atoms with Crippen molar-refractivity contribution in [3.05, 3.63) is 94.5 Å². The molecule has 1 aromatic heterocycles. The van der Waals surface area contributed by atoms with Crippen molar-refractivity contribution in [3.63, 3.8) is 0 Å². The molecule has 4 rings (SSSR count). The van der Waals surface area contributed by atoms with Gasteiger partial charge in [0.2, 0.25) is 0 Å². The van der Waals surface area contributed by atoms with Crippen molar-refractivity contribution in [1.82, 2.24) is 9.78 Å². The second-order valence-corrected chi connectivity index (χ2v) is 6.36. The Morgan fingerprint density at radius 1 is 1.00 bits per heavy atom. The largest absolute Gasteiger partial charge is 0.497 e. The number of hydrogen-bond acceptors (Lipinski definition) is 6. The topological polar surface area (TPSA) is 75.7 Å². The highest BCUT2D eigenvalue weighted by Gasteiger charge is 2.14. The lowest BCUT2D eigenvalue weighted by molar-refractivity contribution is 0.305. The molecule has 31 heavy (non-hydrogen) atoms. The molecule has 0 saturated carbocycles. The zero-order valence-corrected chi connectivity index (χ0v) is 16.2. The van der Waals surface area contributed by atoms with Gasteiger partial charge in [0, 0.05) is 6.07 Å². The first-order valence-corrected chi connectivity index (χ1v) is 9.11. The van der Waals surface area contributed by atoms with Gasteiger partial charge in [-0.15, -0.1) is 0 Å². The summed E-state index contributed by atoms with van der Waals surface area (Å²) in [5.41, 5.74) is 1.32. The van der Waals surface area contributed by atoms with Gasteiger partial charge < -0.3 is 18.6 Å². The lowest BCUT2D eigenvalue weighted by Crippen LogP contribution is -2.13. The SMILES string of the molecule is COc1cccc(COc2ccc(-n3nc(Oc4ccc(F)cc4F)oc3=O)cc2)c1. The van der Waals surface area contributed by atoms with Crippen LogP contribution in [0.3, 0.4) is 0 Å². The standard InChI is InChI=1S/C22H16F2N2O5/c1-28-18-4-2-3-14(11-18)13-29-17-8-6-16(7-9-17)26-22(27)31-21(25-26)30-20-10-5-15(23)12-19(20)24/h2-12H,13H2,1H3. The van der Waals surface area contributed by atoms with E-state index in [4.69, 9.17) is 18.6 Å².